The molecule has 1 aromatic heterocycles. The third-order valence-electron chi connectivity index (χ3n) is 1.70. The number of benzene rings is 1. The first-order valence-electron chi connectivity index (χ1n) is 4.20. The van der Waals surface area contributed by atoms with Crippen molar-refractivity contribution in [1.82, 2.24) is 4.98 Å². The fourth-order valence-corrected chi connectivity index (χ4v) is 2.13. The molecule has 2 rings (SSSR count). The van der Waals surface area contributed by atoms with Crippen molar-refractivity contribution in [3.8, 4) is 0 Å². The normalized spacial score (nSPS) is 10.1. The third-order valence-corrected chi connectivity index (χ3v) is 3.17. The van der Waals surface area contributed by atoms with Crippen molar-refractivity contribution in [2.24, 2.45) is 0 Å². The summed E-state index contributed by atoms with van der Waals surface area (Å²) in [5, 5.41) is 0.557. The van der Waals surface area contributed by atoms with E-state index in [1.54, 1.807) is 18.0 Å². The zero-order valence-electron chi connectivity index (χ0n) is 7.35. The Morgan fingerprint density at radius 2 is 1.79 bits per heavy atom. The minimum atomic E-state index is 0.557. The van der Waals surface area contributed by atoms with Gasteiger partial charge in [-0.25, -0.2) is 4.98 Å². The van der Waals surface area contributed by atoms with Gasteiger partial charge in [0, 0.05) is 16.0 Å². The van der Waals surface area contributed by atoms with Gasteiger partial charge in [0.2, 0.25) is 0 Å². The highest BCUT2D eigenvalue weighted by atomic mass is 35.5. The van der Waals surface area contributed by atoms with Crippen LogP contribution in [0.5, 0.6) is 0 Å². The average Bonchev–Trinajstić information content (AvgIpc) is 2.23. The van der Waals surface area contributed by atoms with Gasteiger partial charge < -0.3 is 0 Å². The first-order chi connectivity index (χ1) is 6.86. The number of hydrogen-bond acceptors (Lipinski definition) is 2. The molecular formula is C11H8ClNS. The monoisotopic (exact) mass is 221 g/mol. The van der Waals surface area contributed by atoms with Crippen LogP contribution in [0.3, 0.4) is 0 Å². The van der Waals surface area contributed by atoms with Crippen molar-refractivity contribution in [3.63, 3.8) is 0 Å². The summed E-state index contributed by atoms with van der Waals surface area (Å²) in [5.41, 5.74) is 0. The highest BCUT2D eigenvalue weighted by Crippen LogP contribution is 2.31. The predicted octanol–water partition coefficient (Wildman–Crippen LogP) is 3.89. The van der Waals surface area contributed by atoms with Crippen LogP contribution in [-0.2, 0) is 0 Å². The summed E-state index contributed by atoms with van der Waals surface area (Å²) >= 11 is 7.56. The van der Waals surface area contributed by atoms with E-state index in [4.69, 9.17) is 11.6 Å². The number of hydrogen-bond donors (Lipinski definition) is 0. The van der Waals surface area contributed by atoms with Crippen molar-refractivity contribution in [1.29, 1.82) is 0 Å². The fraction of sp³-hybridized carbons (Fsp3) is 0. The second-order valence-electron chi connectivity index (χ2n) is 2.71. The topological polar surface area (TPSA) is 12.9 Å². The molecule has 0 atom stereocenters. The Morgan fingerprint density at radius 1 is 1.00 bits per heavy atom. The zero-order valence-corrected chi connectivity index (χ0v) is 8.92. The van der Waals surface area contributed by atoms with Gasteiger partial charge in [-0.1, -0.05) is 41.6 Å². The summed E-state index contributed by atoms with van der Waals surface area (Å²) in [7, 11) is 0. The molecule has 2 aromatic rings. The molecule has 0 radical (unpaired) electrons. The molecule has 3 heteroatoms. The van der Waals surface area contributed by atoms with E-state index < -0.39 is 0 Å². The molecule has 0 bridgehead atoms. The lowest BCUT2D eigenvalue weighted by Crippen LogP contribution is -1.78. The van der Waals surface area contributed by atoms with E-state index >= 15 is 0 Å². The summed E-state index contributed by atoms with van der Waals surface area (Å²) < 4.78 is 0. The summed E-state index contributed by atoms with van der Waals surface area (Å²) in [5.74, 6) is 0. The molecule has 0 fully saturated rings. The van der Waals surface area contributed by atoms with Gasteiger partial charge in [0.1, 0.15) is 5.15 Å². The van der Waals surface area contributed by atoms with E-state index in [9.17, 15) is 0 Å². The van der Waals surface area contributed by atoms with Crippen LogP contribution in [-0.4, -0.2) is 4.98 Å². The summed E-state index contributed by atoms with van der Waals surface area (Å²) in [6, 6.07) is 14.0. The maximum atomic E-state index is 5.94. The molecule has 0 aliphatic carbocycles. The quantitative estimate of drug-likeness (QED) is 0.714. The highest BCUT2D eigenvalue weighted by Gasteiger charge is 2.01. The smallest absolute Gasteiger partial charge is 0.142 e. The number of rotatable bonds is 2. The first-order valence-corrected chi connectivity index (χ1v) is 5.39. The number of nitrogens with zero attached hydrogens (tertiary/aromatic N) is 1. The van der Waals surface area contributed by atoms with Gasteiger partial charge in [-0.2, -0.15) is 0 Å². The Bertz CT molecular complexity index is 417. The van der Waals surface area contributed by atoms with Crippen LogP contribution in [0.15, 0.2) is 58.5 Å². The standard InChI is InChI=1S/C11H8ClNS/c12-11-10(7-4-8-13-11)14-9-5-2-1-3-6-9/h1-8H. The summed E-state index contributed by atoms with van der Waals surface area (Å²) in [6.07, 6.45) is 1.69. The fourth-order valence-electron chi connectivity index (χ4n) is 1.06. The van der Waals surface area contributed by atoms with E-state index in [0.717, 1.165) is 4.90 Å². The Hall–Kier alpha value is -0.990. The summed E-state index contributed by atoms with van der Waals surface area (Å²) in [4.78, 5) is 6.18. The van der Waals surface area contributed by atoms with Crippen LogP contribution in [0.25, 0.3) is 0 Å². The molecule has 70 valence electrons. The SMILES string of the molecule is Clc1ncccc1Sc1ccccc1. The molecule has 0 unspecified atom stereocenters. The second-order valence-corrected chi connectivity index (χ2v) is 4.18. The predicted molar refractivity (Wildman–Crippen MR) is 59.8 cm³/mol. The Kier molecular flexibility index (Phi) is 3.07. The molecular weight excluding hydrogens is 214 g/mol. The van der Waals surface area contributed by atoms with Crippen molar-refractivity contribution in [2.75, 3.05) is 0 Å². The maximum absolute atomic E-state index is 5.94. The van der Waals surface area contributed by atoms with Gasteiger partial charge >= 0.3 is 0 Å². The minimum absolute atomic E-state index is 0.557. The van der Waals surface area contributed by atoms with Crippen LogP contribution in [0.4, 0.5) is 0 Å². The van der Waals surface area contributed by atoms with Gasteiger partial charge in [-0.15, -0.1) is 0 Å². The molecule has 14 heavy (non-hydrogen) atoms. The van der Waals surface area contributed by atoms with Gasteiger partial charge in [0.25, 0.3) is 0 Å². The lowest BCUT2D eigenvalue weighted by molar-refractivity contribution is 1.23. The molecule has 1 heterocycles. The molecule has 0 saturated heterocycles. The highest BCUT2D eigenvalue weighted by molar-refractivity contribution is 7.99. The molecule has 0 aliphatic heterocycles. The van der Waals surface area contributed by atoms with Gasteiger partial charge in [0.15, 0.2) is 0 Å². The Labute approximate surface area is 92.1 Å². The molecule has 1 nitrogen and oxygen atoms in total. The van der Waals surface area contributed by atoms with Crippen LogP contribution in [0, 0.1) is 0 Å². The van der Waals surface area contributed by atoms with E-state index in [1.165, 1.54) is 4.90 Å². The van der Waals surface area contributed by atoms with Crippen LogP contribution >= 0.6 is 23.4 Å². The zero-order chi connectivity index (χ0) is 9.80. The van der Waals surface area contributed by atoms with Crippen molar-refractivity contribution in [3.05, 3.63) is 53.8 Å². The number of halogens is 1. The van der Waals surface area contributed by atoms with Crippen LogP contribution in [0.1, 0.15) is 0 Å². The van der Waals surface area contributed by atoms with E-state index in [2.05, 4.69) is 4.98 Å². The van der Waals surface area contributed by atoms with Gasteiger partial charge in [0.05, 0.1) is 0 Å². The average molecular weight is 222 g/mol. The lowest BCUT2D eigenvalue weighted by Gasteiger charge is -2.01. The molecule has 0 saturated carbocycles. The number of aromatic nitrogens is 1. The Morgan fingerprint density at radius 3 is 2.50 bits per heavy atom. The van der Waals surface area contributed by atoms with E-state index in [1.807, 2.05) is 42.5 Å². The summed E-state index contributed by atoms with van der Waals surface area (Å²) in [6.45, 7) is 0. The third kappa shape index (κ3) is 2.28. The van der Waals surface area contributed by atoms with Crippen molar-refractivity contribution < 1.29 is 0 Å². The van der Waals surface area contributed by atoms with Gasteiger partial charge in [-0.3, -0.25) is 0 Å². The minimum Gasteiger partial charge on any atom is -0.243 e. The molecule has 0 N–H and O–H groups in total. The van der Waals surface area contributed by atoms with Crippen molar-refractivity contribution >= 4 is 23.4 Å². The van der Waals surface area contributed by atoms with Crippen LogP contribution in [0.2, 0.25) is 5.15 Å². The van der Waals surface area contributed by atoms with Gasteiger partial charge in [-0.05, 0) is 24.3 Å². The van der Waals surface area contributed by atoms with E-state index in [0.29, 0.717) is 5.15 Å². The Balaban J connectivity index is 2.24. The van der Waals surface area contributed by atoms with E-state index in [-0.39, 0.29) is 0 Å². The largest absolute Gasteiger partial charge is 0.243 e. The lowest BCUT2D eigenvalue weighted by atomic mass is 10.4. The van der Waals surface area contributed by atoms with Crippen molar-refractivity contribution in [2.45, 2.75) is 9.79 Å². The molecule has 0 amide bonds. The molecule has 1 aromatic carbocycles. The van der Waals surface area contributed by atoms with Crippen LogP contribution < -0.4 is 0 Å². The first kappa shape index (κ1) is 9.56. The maximum Gasteiger partial charge on any atom is 0.142 e. The molecule has 0 spiro atoms. The number of pyridine rings is 1. The molecule has 0 aliphatic rings. The second kappa shape index (κ2) is 4.49.